The highest BCUT2D eigenvalue weighted by Crippen LogP contribution is 2.33. The monoisotopic (exact) mass is 342 g/mol. The summed E-state index contributed by atoms with van der Waals surface area (Å²) in [6.45, 7) is 8.55. The highest BCUT2D eigenvalue weighted by Gasteiger charge is 2.37. The second-order valence-electron chi connectivity index (χ2n) is 7.35. The molecule has 2 aliphatic rings. The van der Waals surface area contributed by atoms with Crippen LogP contribution in [0.5, 0.6) is 0 Å². The maximum absolute atomic E-state index is 10.1. The van der Waals surface area contributed by atoms with E-state index in [-0.39, 0.29) is 12.1 Å². The first-order chi connectivity index (χ1) is 12.1. The molecule has 1 saturated heterocycles. The molecule has 0 saturated carbocycles. The number of hydrogen-bond acceptors (Lipinski definition) is 6. The zero-order chi connectivity index (χ0) is 17.4. The number of likely N-dealkylation sites (tertiary alicyclic amines) is 1. The van der Waals surface area contributed by atoms with Gasteiger partial charge in [0, 0.05) is 38.4 Å². The van der Waals surface area contributed by atoms with Crippen molar-refractivity contribution in [1.29, 1.82) is 0 Å². The van der Waals surface area contributed by atoms with E-state index in [1.54, 1.807) is 0 Å². The zero-order valence-corrected chi connectivity index (χ0v) is 14.9. The molecule has 0 radical (unpaired) electrons. The molecule has 2 atom stereocenters. The van der Waals surface area contributed by atoms with Crippen LogP contribution >= 0.6 is 0 Å². The van der Waals surface area contributed by atoms with E-state index in [2.05, 4.69) is 49.5 Å². The summed E-state index contributed by atoms with van der Waals surface area (Å²) in [5, 5.41) is 19.1. The van der Waals surface area contributed by atoms with Gasteiger partial charge in [-0.25, -0.2) is 0 Å². The third-order valence-electron chi connectivity index (χ3n) is 5.25. The van der Waals surface area contributed by atoms with Gasteiger partial charge in [0.1, 0.15) is 5.82 Å². The average molecular weight is 342 g/mol. The smallest absolute Gasteiger partial charge is 0.150 e. The molecule has 2 aromatic heterocycles. The van der Waals surface area contributed by atoms with E-state index in [9.17, 15) is 5.11 Å². The van der Waals surface area contributed by atoms with E-state index in [0.717, 1.165) is 56.5 Å². The van der Waals surface area contributed by atoms with Crippen molar-refractivity contribution in [2.24, 2.45) is 0 Å². The zero-order valence-electron chi connectivity index (χ0n) is 14.9. The van der Waals surface area contributed by atoms with Gasteiger partial charge in [0.15, 0.2) is 5.82 Å². The number of nitrogens with zero attached hydrogens (tertiary/aromatic N) is 6. The first-order valence-corrected chi connectivity index (χ1v) is 9.10. The fourth-order valence-corrected chi connectivity index (χ4v) is 4.00. The Bertz CT molecular complexity index is 716. The minimum absolute atomic E-state index is 0.165. The van der Waals surface area contributed by atoms with Crippen LogP contribution in [-0.4, -0.2) is 59.9 Å². The molecule has 1 N–H and O–H groups in total. The number of rotatable bonds is 4. The molecule has 0 aromatic carbocycles. The first-order valence-electron chi connectivity index (χ1n) is 9.10. The summed E-state index contributed by atoms with van der Waals surface area (Å²) in [6, 6.07) is 6.58. The van der Waals surface area contributed by atoms with Gasteiger partial charge in [0.25, 0.3) is 0 Å². The molecule has 0 bridgehead atoms. The normalized spacial score (nSPS) is 24.8. The third kappa shape index (κ3) is 3.31. The van der Waals surface area contributed by atoms with Crippen LogP contribution in [-0.2, 0) is 19.6 Å². The largest absolute Gasteiger partial charge is 0.392 e. The fraction of sp³-hybridized carbons (Fsp3) is 0.611. The van der Waals surface area contributed by atoms with Crippen molar-refractivity contribution in [3.8, 4) is 0 Å². The molecule has 7 heteroatoms. The van der Waals surface area contributed by atoms with Gasteiger partial charge < -0.3 is 9.67 Å². The standard InChI is InChI=1S/C18H26N6O/c1-13(2)24-11-15(25)9-16(24)18-21-20-17-12-22(7-8-23(17)18)10-14-5-3-4-6-19-14/h3-6,13,15-16,25H,7-12H2,1-2H3/t15-,16-/m0/s1. The summed E-state index contributed by atoms with van der Waals surface area (Å²) in [6.07, 6.45) is 2.31. The number of aromatic nitrogens is 4. The number of hydrogen-bond donors (Lipinski definition) is 1. The quantitative estimate of drug-likeness (QED) is 0.900. The molecule has 2 aromatic rings. The van der Waals surface area contributed by atoms with Gasteiger partial charge >= 0.3 is 0 Å². The second kappa shape index (κ2) is 6.82. The fourth-order valence-electron chi connectivity index (χ4n) is 4.00. The van der Waals surface area contributed by atoms with E-state index < -0.39 is 0 Å². The van der Waals surface area contributed by atoms with E-state index in [4.69, 9.17) is 0 Å². The Labute approximate surface area is 148 Å². The predicted octanol–water partition coefficient (Wildman–Crippen LogP) is 1.20. The molecule has 7 nitrogen and oxygen atoms in total. The first kappa shape index (κ1) is 16.6. The lowest BCUT2D eigenvalue weighted by molar-refractivity contribution is 0.155. The topological polar surface area (TPSA) is 70.3 Å². The number of aliphatic hydroxyl groups excluding tert-OH is 1. The number of aliphatic hydroxyl groups is 1. The molecular weight excluding hydrogens is 316 g/mol. The van der Waals surface area contributed by atoms with E-state index in [1.165, 1.54) is 0 Å². The molecule has 25 heavy (non-hydrogen) atoms. The maximum Gasteiger partial charge on any atom is 0.150 e. The van der Waals surface area contributed by atoms with Crippen LogP contribution in [0.15, 0.2) is 24.4 Å². The molecule has 0 amide bonds. The summed E-state index contributed by atoms with van der Waals surface area (Å²) in [7, 11) is 0. The molecule has 4 rings (SSSR count). The van der Waals surface area contributed by atoms with E-state index in [1.807, 2.05) is 18.3 Å². The third-order valence-corrected chi connectivity index (χ3v) is 5.25. The molecular formula is C18H26N6O. The molecule has 134 valence electrons. The van der Waals surface area contributed by atoms with Crippen LogP contribution < -0.4 is 0 Å². The van der Waals surface area contributed by atoms with E-state index >= 15 is 0 Å². The van der Waals surface area contributed by atoms with Crippen LogP contribution in [0.4, 0.5) is 0 Å². The highest BCUT2D eigenvalue weighted by molar-refractivity contribution is 5.09. The van der Waals surface area contributed by atoms with Crippen molar-refractivity contribution < 1.29 is 5.11 Å². The molecule has 0 aliphatic carbocycles. The van der Waals surface area contributed by atoms with Crippen LogP contribution in [0, 0.1) is 0 Å². The molecule has 0 spiro atoms. The Balaban J connectivity index is 1.51. The lowest BCUT2D eigenvalue weighted by Gasteiger charge is -2.31. The Kier molecular flexibility index (Phi) is 4.54. The minimum atomic E-state index is -0.274. The van der Waals surface area contributed by atoms with Crippen molar-refractivity contribution in [3.63, 3.8) is 0 Å². The highest BCUT2D eigenvalue weighted by atomic mass is 16.3. The molecule has 4 heterocycles. The van der Waals surface area contributed by atoms with Crippen molar-refractivity contribution in [3.05, 3.63) is 41.7 Å². The summed E-state index contributed by atoms with van der Waals surface area (Å²) < 4.78 is 2.26. The van der Waals surface area contributed by atoms with E-state index in [0.29, 0.717) is 6.04 Å². The van der Waals surface area contributed by atoms with Gasteiger partial charge in [-0.15, -0.1) is 10.2 Å². The summed E-state index contributed by atoms with van der Waals surface area (Å²) >= 11 is 0. The van der Waals surface area contributed by atoms with Gasteiger partial charge in [0.2, 0.25) is 0 Å². The van der Waals surface area contributed by atoms with Gasteiger partial charge in [-0.1, -0.05) is 6.07 Å². The average Bonchev–Trinajstić information content (AvgIpc) is 3.18. The minimum Gasteiger partial charge on any atom is -0.392 e. The van der Waals surface area contributed by atoms with Crippen molar-refractivity contribution in [2.45, 2.75) is 58.1 Å². The Morgan fingerprint density at radius 3 is 2.88 bits per heavy atom. The van der Waals surface area contributed by atoms with Crippen LogP contribution in [0.2, 0.25) is 0 Å². The maximum atomic E-state index is 10.1. The van der Waals surface area contributed by atoms with Crippen molar-refractivity contribution >= 4 is 0 Å². The molecule has 1 fully saturated rings. The number of pyridine rings is 1. The number of fused-ring (bicyclic) bond motifs is 1. The summed E-state index contributed by atoms with van der Waals surface area (Å²) in [5.74, 6) is 2.03. The Hall–Kier alpha value is -1.83. The van der Waals surface area contributed by atoms with Crippen molar-refractivity contribution in [1.82, 2.24) is 29.5 Å². The SMILES string of the molecule is CC(C)N1C[C@@H](O)C[C@H]1c1nnc2n1CCN(Cc1ccccn1)C2. The molecule has 2 aliphatic heterocycles. The van der Waals surface area contributed by atoms with Crippen LogP contribution in [0.3, 0.4) is 0 Å². The summed E-state index contributed by atoms with van der Waals surface area (Å²) in [4.78, 5) is 9.11. The second-order valence-corrected chi connectivity index (χ2v) is 7.35. The summed E-state index contributed by atoms with van der Waals surface area (Å²) in [5.41, 5.74) is 1.08. The molecule has 0 unspecified atom stereocenters. The van der Waals surface area contributed by atoms with Gasteiger partial charge in [-0.05, 0) is 32.4 Å². The van der Waals surface area contributed by atoms with Gasteiger partial charge in [-0.2, -0.15) is 0 Å². The number of β-amino-alcohol motifs (C(OH)–C–C–N with tert-alkyl or cyclic N) is 1. The predicted molar refractivity (Wildman–Crippen MR) is 93.6 cm³/mol. The van der Waals surface area contributed by atoms with Gasteiger partial charge in [-0.3, -0.25) is 14.8 Å². The van der Waals surface area contributed by atoms with Gasteiger partial charge in [0.05, 0.1) is 24.4 Å². The van der Waals surface area contributed by atoms with Crippen LogP contribution in [0.25, 0.3) is 0 Å². The Morgan fingerprint density at radius 1 is 1.24 bits per heavy atom. The lowest BCUT2D eigenvalue weighted by atomic mass is 10.1. The van der Waals surface area contributed by atoms with Crippen molar-refractivity contribution in [2.75, 3.05) is 13.1 Å². The lowest BCUT2D eigenvalue weighted by Crippen LogP contribution is -2.36. The van der Waals surface area contributed by atoms with Crippen LogP contribution in [0.1, 0.15) is 43.7 Å². The Morgan fingerprint density at radius 2 is 2.12 bits per heavy atom.